The summed E-state index contributed by atoms with van der Waals surface area (Å²) in [4.78, 5) is 46.3. The van der Waals surface area contributed by atoms with Gasteiger partial charge in [-0.25, -0.2) is 0 Å². The van der Waals surface area contributed by atoms with Crippen LogP contribution in [0.2, 0.25) is 0 Å². The molecule has 1 unspecified atom stereocenters. The van der Waals surface area contributed by atoms with Gasteiger partial charge in [0.25, 0.3) is 0 Å². The lowest BCUT2D eigenvalue weighted by molar-refractivity contribution is 0.0664. The highest BCUT2D eigenvalue weighted by Crippen LogP contribution is 2.62. The van der Waals surface area contributed by atoms with Crippen LogP contribution < -0.4 is 9.64 Å². The van der Waals surface area contributed by atoms with E-state index in [-0.39, 0.29) is 17.3 Å². The monoisotopic (exact) mass is 603 g/mol. The Kier molecular flexibility index (Phi) is 6.05. The van der Waals surface area contributed by atoms with Gasteiger partial charge in [0.1, 0.15) is 17.2 Å². The number of benzene rings is 4. The zero-order valence-electron chi connectivity index (χ0n) is 22.3. The van der Waals surface area contributed by atoms with Crippen molar-refractivity contribution in [2.24, 2.45) is 5.41 Å². The highest BCUT2D eigenvalue weighted by molar-refractivity contribution is 9.10. The Morgan fingerprint density at radius 2 is 1.54 bits per heavy atom. The molecular formula is C35H26BrNO4. The number of nitrogens with zero attached hydrogens (tertiary/aromatic N) is 1. The third-order valence-electron chi connectivity index (χ3n) is 8.65. The number of para-hydroxylation sites is 1. The van der Waals surface area contributed by atoms with Crippen molar-refractivity contribution in [2.45, 2.75) is 24.9 Å². The summed E-state index contributed by atoms with van der Waals surface area (Å²) in [7, 11) is 0. The first kappa shape index (κ1) is 25.7. The fraction of sp³-hybridized carbons (Fsp3) is 0.171. The van der Waals surface area contributed by atoms with Crippen LogP contribution in [0.1, 0.15) is 55.0 Å². The first-order valence-corrected chi connectivity index (χ1v) is 14.5. The number of anilines is 1. The summed E-state index contributed by atoms with van der Waals surface area (Å²) in [6, 6.07) is 28.0. The Morgan fingerprint density at radius 1 is 0.878 bits per heavy atom. The van der Waals surface area contributed by atoms with E-state index in [9.17, 15) is 14.4 Å². The topological polar surface area (TPSA) is 63.7 Å². The summed E-state index contributed by atoms with van der Waals surface area (Å²) in [6.45, 7) is 2.30. The molecule has 1 saturated heterocycles. The molecule has 0 amide bonds. The van der Waals surface area contributed by atoms with Gasteiger partial charge in [-0.2, -0.15) is 0 Å². The third kappa shape index (κ3) is 3.56. The molecule has 6 heteroatoms. The molecule has 0 radical (unpaired) electrons. The van der Waals surface area contributed by atoms with E-state index in [2.05, 4.69) is 15.9 Å². The SMILES string of the molecule is CCOc1ccccc1[C@H]1[C@H](C(=O)c2ccccc2)N2c3ccc(Br)cc3C=CC2C12C(=O)c1ccccc1C2=O. The number of ether oxygens (including phenoxy) is 1. The Bertz CT molecular complexity index is 1730. The smallest absolute Gasteiger partial charge is 0.185 e. The Labute approximate surface area is 246 Å². The molecule has 0 saturated carbocycles. The summed E-state index contributed by atoms with van der Waals surface area (Å²) < 4.78 is 7.00. The molecule has 0 aromatic heterocycles. The Morgan fingerprint density at radius 3 is 2.24 bits per heavy atom. The molecule has 0 N–H and O–H groups in total. The number of ketones is 3. The van der Waals surface area contributed by atoms with Crippen LogP contribution in [0.15, 0.2) is 108 Å². The molecule has 1 spiro atoms. The molecule has 3 atom stereocenters. The van der Waals surface area contributed by atoms with Gasteiger partial charge in [0.05, 0.1) is 12.6 Å². The lowest BCUT2D eigenvalue weighted by Gasteiger charge is -2.37. The molecule has 3 aliphatic rings. The first-order valence-electron chi connectivity index (χ1n) is 13.7. The van der Waals surface area contributed by atoms with Crippen molar-refractivity contribution in [3.8, 4) is 5.75 Å². The summed E-state index contributed by atoms with van der Waals surface area (Å²) in [6.07, 6.45) is 3.90. The molecule has 2 heterocycles. The van der Waals surface area contributed by atoms with Crippen LogP contribution in [0.4, 0.5) is 5.69 Å². The van der Waals surface area contributed by atoms with Gasteiger partial charge >= 0.3 is 0 Å². The third-order valence-corrected chi connectivity index (χ3v) is 9.14. The average molecular weight is 605 g/mol. The van der Waals surface area contributed by atoms with Crippen molar-refractivity contribution in [1.82, 2.24) is 0 Å². The maximum Gasteiger partial charge on any atom is 0.185 e. The summed E-state index contributed by atoms with van der Waals surface area (Å²) in [5.74, 6) is -0.892. The second kappa shape index (κ2) is 9.67. The number of halogens is 1. The van der Waals surface area contributed by atoms with Crippen LogP contribution in [0, 0.1) is 5.41 Å². The standard InChI is InChI=1S/C35H26BrNO4/c1-2-41-28-15-9-8-14-26(28)30-31(32(38)21-10-4-3-5-11-21)37-27-18-17-23(36)20-22(27)16-19-29(37)35(30)33(39)24-12-6-7-13-25(24)34(35)40/h3-20,29-31H,2H2,1H3/t29?,30-,31+/m0/s1. The highest BCUT2D eigenvalue weighted by atomic mass is 79.9. The predicted molar refractivity (Wildman–Crippen MR) is 162 cm³/mol. The molecule has 5 nitrogen and oxygen atoms in total. The van der Waals surface area contributed by atoms with Crippen LogP contribution in [0.25, 0.3) is 6.08 Å². The van der Waals surface area contributed by atoms with Gasteiger partial charge in [-0.15, -0.1) is 0 Å². The van der Waals surface area contributed by atoms with Crippen molar-refractivity contribution < 1.29 is 19.1 Å². The number of fused-ring (bicyclic) bond motifs is 5. The predicted octanol–water partition coefficient (Wildman–Crippen LogP) is 7.16. The molecule has 1 fully saturated rings. The van der Waals surface area contributed by atoms with Crippen LogP contribution in [-0.4, -0.2) is 36.0 Å². The lowest BCUT2D eigenvalue weighted by atomic mass is 9.64. The van der Waals surface area contributed by atoms with Crippen molar-refractivity contribution in [2.75, 3.05) is 11.5 Å². The van der Waals surface area contributed by atoms with E-state index in [1.807, 2.05) is 84.6 Å². The second-order valence-electron chi connectivity index (χ2n) is 10.6. The molecule has 1 aliphatic carbocycles. The minimum atomic E-state index is -1.56. The van der Waals surface area contributed by atoms with Crippen LogP contribution in [-0.2, 0) is 0 Å². The van der Waals surface area contributed by atoms with Crippen molar-refractivity contribution in [1.29, 1.82) is 0 Å². The van der Waals surface area contributed by atoms with Gasteiger partial charge in [0, 0.05) is 38.3 Å². The Balaban J connectivity index is 1.57. The molecule has 41 heavy (non-hydrogen) atoms. The molecule has 7 rings (SSSR count). The van der Waals surface area contributed by atoms with Crippen molar-refractivity contribution in [3.63, 3.8) is 0 Å². The molecule has 2 aliphatic heterocycles. The van der Waals surface area contributed by atoms with Gasteiger partial charge in [0.15, 0.2) is 17.3 Å². The minimum absolute atomic E-state index is 0.149. The summed E-state index contributed by atoms with van der Waals surface area (Å²) >= 11 is 3.57. The summed E-state index contributed by atoms with van der Waals surface area (Å²) in [5, 5.41) is 0. The zero-order valence-corrected chi connectivity index (χ0v) is 23.9. The van der Waals surface area contributed by atoms with Gasteiger partial charge in [-0.3, -0.25) is 14.4 Å². The number of hydrogen-bond acceptors (Lipinski definition) is 5. The van der Waals surface area contributed by atoms with E-state index in [0.717, 1.165) is 15.7 Å². The number of Topliss-reactive ketones (excluding diaryl/α,β-unsaturated/α-hetero) is 3. The van der Waals surface area contributed by atoms with Gasteiger partial charge in [0.2, 0.25) is 0 Å². The van der Waals surface area contributed by atoms with Crippen LogP contribution in [0.3, 0.4) is 0 Å². The largest absolute Gasteiger partial charge is 0.494 e. The number of hydrogen-bond donors (Lipinski definition) is 0. The molecular weight excluding hydrogens is 578 g/mol. The normalized spacial score (nSPS) is 21.5. The first-order chi connectivity index (χ1) is 20.0. The van der Waals surface area contributed by atoms with Crippen LogP contribution in [0.5, 0.6) is 5.75 Å². The van der Waals surface area contributed by atoms with Gasteiger partial charge in [-0.1, -0.05) is 101 Å². The molecule has 0 bridgehead atoms. The number of carbonyl (C=O) groups is 3. The van der Waals surface area contributed by atoms with E-state index in [1.165, 1.54) is 0 Å². The zero-order chi connectivity index (χ0) is 28.3. The van der Waals surface area contributed by atoms with E-state index in [4.69, 9.17) is 4.74 Å². The fourth-order valence-electron chi connectivity index (χ4n) is 7.09. The quantitative estimate of drug-likeness (QED) is 0.179. The van der Waals surface area contributed by atoms with E-state index >= 15 is 0 Å². The number of carbonyl (C=O) groups excluding carboxylic acids is 3. The fourth-order valence-corrected chi connectivity index (χ4v) is 7.47. The lowest BCUT2D eigenvalue weighted by Crippen LogP contribution is -2.48. The number of rotatable bonds is 5. The van der Waals surface area contributed by atoms with Gasteiger partial charge in [-0.05, 0) is 36.8 Å². The summed E-state index contributed by atoms with van der Waals surface area (Å²) in [5.41, 5.74) is 2.16. The maximum absolute atomic E-state index is 14.8. The minimum Gasteiger partial charge on any atom is -0.494 e. The maximum atomic E-state index is 14.8. The molecule has 4 aromatic rings. The van der Waals surface area contributed by atoms with Crippen molar-refractivity contribution >= 4 is 45.0 Å². The van der Waals surface area contributed by atoms with E-state index < -0.39 is 23.4 Å². The van der Waals surface area contributed by atoms with Gasteiger partial charge < -0.3 is 9.64 Å². The second-order valence-corrected chi connectivity index (χ2v) is 11.5. The Hall–Kier alpha value is -4.29. The van der Waals surface area contributed by atoms with E-state index in [0.29, 0.717) is 34.6 Å². The molecule has 202 valence electrons. The van der Waals surface area contributed by atoms with Crippen LogP contribution >= 0.6 is 15.9 Å². The van der Waals surface area contributed by atoms with Crippen molar-refractivity contribution in [3.05, 3.63) is 135 Å². The average Bonchev–Trinajstić information content (AvgIpc) is 3.43. The molecule has 4 aromatic carbocycles. The van der Waals surface area contributed by atoms with E-state index in [1.54, 1.807) is 36.4 Å². The highest BCUT2D eigenvalue weighted by Gasteiger charge is 2.71.